The topological polar surface area (TPSA) is 71.1 Å². The Hall–Kier alpha value is -1.75. The first kappa shape index (κ1) is 31.3. The smallest absolute Gasteiger partial charge is 0.347 e. The fourth-order valence-electron chi connectivity index (χ4n) is 2.50. The van der Waals surface area contributed by atoms with E-state index in [0.29, 0.717) is 0 Å². The Labute approximate surface area is 214 Å². The summed E-state index contributed by atoms with van der Waals surface area (Å²) in [6, 6.07) is 9.34. The van der Waals surface area contributed by atoms with Gasteiger partial charge in [-0.2, -0.15) is 0 Å². The van der Waals surface area contributed by atoms with E-state index in [0.717, 1.165) is 5.56 Å². The minimum absolute atomic E-state index is 0.00733. The van der Waals surface area contributed by atoms with Crippen molar-refractivity contribution in [3.8, 4) is 0 Å². The Balaban J connectivity index is 2.93. The molecular weight excluding hydrogens is 476 g/mol. The number of carbonyl (C=O) groups is 2. The van der Waals surface area contributed by atoms with E-state index in [1.807, 2.05) is 30.3 Å². The van der Waals surface area contributed by atoms with Crippen molar-refractivity contribution in [1.29, 1.82) is 0 Å². The standard InChI is InChI=1S/C27H46O6Si2/c1-20(24(28)32-21(2)25(29)30-18-22-16-14-13-15-17-22)23(33-35(11,12)27(6,7)8)19-31-34(9,10)26(3,4)5/h13-17,21,23H,1,18-19H2,2-12H3/t21-,23-/m1/s1. The molecule has 0 spiro atoms. The molecule has 1 aromatic rings. The molecule has 198 valence electrons. The molecule has 2 atom stereocenters. The van der Waals surface area contributed by atoms with Gasteiger partial charge >= 0.3 is 11.9 Å². The molecular formula is C27H46O6Si2. The molecule has 0 bridgehead atoms. The lowest BCUT2D eigenvalue weighted by molar-refractivity contribution is -0.165. The molecule has 0 aliphatic carbocycles. The Morgan fingerprint density at radius 2 is 1.43 bits per heavy atom. The number of esters is 2. The molecule has 6 nitrogen and oxygen atoms in total. The Morgan fingerprint density at radius 1 is 0.914 bits per heavy atom. The van der Waals surface area contributed by atoms with Gasteiger partial charge in [0.15, 0.2) is 22.7 Å². The van der Waals surface area contributed by atoms with E-state index in [4.69, 9.17) is 18.3 Å². The highest BCUT2D eigenvalue weighted by Crippen LogP contribution is 2.40. The van der Waals surface area contributed by atoms with Gasteiger partial charge in [-0.1, -0.05) is 78.5 Å². The minimum Gasteiger partial charge on any atom is -0.458 e. The second-order valence-corrected chi connectivity index (χ2v) is 21.7. The lowest BCUT2D eigenvalue weighted by Crippen LogP contribution is -2.49. The van der Waals surface area contributed by atoms with Crippen molar-refractivity contribution in [3.05, 3.63) is 48.0 Å². The summed E-state index contributed by atoms with van der Waals surface area (Å²) in [4.78, 5) is 25.4. The average Bonchev–Trinajstić information content (AvgIpc) is 2.73. The normalized spacial score (nSPS) is 14.7. The van der Waals surface area contributed by atoms with E-state index in [1.165, 1.54) is 6.92 Å². The summed E-state index contributed by atoms with van der Waals surface area (Å²) in [7, 11) is -4.35. The summed E-state index contributed by atoms with van der Waals surface area (Å²) in [5.41, 5.74) is 1.01. The highest BCUT2D eigenvalue weighted by Gasteiger charge is 2.43. The summed E-state index contributed by atoms with van der Waals surface area (Å²) in [5, 5.41) is -0.0612. The lowest BCUT2D eigenvalue weighted by Gasteiger charge is -2.41. The zero-order chi connectivity index (χ0) is 27.2. The van der Waals surface area contributed by atoms with Crippen molar-refractivity contribution in [3.63, 3.8) is 0 Å². The molecule has 0 aliphatic rings. The van der Waals surface area contributed by atoms with Crippen molar-refractivity contribution in [2.45, 2.75) is 104 Å². The van der Waals surface area contributed by atoms with Crippen LogP contribution in [0.2, 0.25) is 36.3 Å². The molecule has 0 aromatic heterocycles. The highest BCUT2D eigenvalue weighted by molar-refractivity contribution is 6.74. The van der Waals surface area contributed by atoms with E-state index in [-0.39, 0.29) is 28.9 Å². The van der Waals surface area contributed by atoms with Gasteiger partial charge in [-0.3, -0.25) is 0 Å². The fraction of sp³-hybridized carbons (Fsp3) is 0.630. The van der Waals surface area contributed by atoms with Gasteiger partial charge in [0.25, 0.3) is 0 Å². The van der Waals surface area contributed by atoms with Crippen LogP contribution < -0.4 is 0 Å². The molecule has 0 radical (unpaired) electrons. The van der Waals surface area contributed by atoms with Crippen LogP contribution in [0.3, 0.4) is 0 Å². The van der Waals surface area contributed by atoms with E-state index in [2.05, 4.69) is 74.3 Å². The van der Waals surface area contributed by atoms with Crippen molar-refractivity contribution >= 4 is 28.6 Å². The maximum Gasteiger partial charge on any atom is 0.347 e. The SMILES string of the molecule is C=C(C(=O)O[C@H](C)C(=O)OCc1ccccc1)[C@@H](CO[Si](C)(C)C(C)(C)C)O[Si](C)(C)C(C)(C)C. The fourth-order valence-corrected chi connectivity index (χ4v) is 4.78. The van der Waals surface area contributed by atoms with Gasteiger partial charge in [0, 0.05) is 0 Å². The predicted octanol–water partition coefficient (Wildman–Crippen LogP) is 6.63. The van der Waals surface area contributed by atoms with Gasteiger partial charge in [0.2, 0.25) is 0 Å². The molecule has 8 heteroatoms. The summed E-state index contributed by atoms with van der Waals surface area (Å²) >= 11 is 0. The Kier molecular flexibility index (Phi) is 10.7. The molecule has 0 heterocycles. The third-order valence-electron chi connectivity index (χ3n) is 7.14. The Morgan fingerprint density at radius 3 is 1.91 bits per heavy atom. The molecule has 0 fully saturated rings. The van der Waals surface area contributed by atoms with E-state index in [1.54, 1.807) is 0 Å². The van der Waals surface area contributed by atoms with Crippen molar-refractivity contribution in [2.24, 2.45) is 0 Å². The zero-order valence-corrected chi connectivity index (χ0v) is 25.6. The van der Waals surface area contributed by atoms with Gasteiger partial charge in [-0.15, -0.1) is 0 Å². The van der Waals surface area contributed by atoms with Crippen LogP contribution in [-0.2, 0) is 34.5 Å². The highest BCUT2D eigenvalue weighted by atomic mass is 28.4. The molecule has 0 saturated heterocycles. The minimum atomic E-state index is -2.26. The van der Waals surface area contributed by atoms with Crippen LogP contribution in [0.1, 0.15) is 54.0 Å². The number of ether oxygens (including phenoxy) is 2. The number of hydrogen-bond acceptors (Lipinski definition) is 6. The molecule has 1 aromatic carbocycles. The molecule has 35 heavy (non-hydrogen) atoms. The predicted molar refractivity (Wildman–Crippen MR) is 146 cm³/mol. The molecule has 1 rings (SSSR count). The lowest BCUT2D eigenvalue weighted by atomic mass is 10.2. The second-order valence-electron chi connectivity index (χ2n) is 12.1. The van der Waals surface area contributed by atoms with Gasteiger partial charge in [0.1, 0.15) is 6.61 Å². The van der Waals surface area contributed by atoms with Crippen LogP contribution in [-0.4, -0.2) is 47.4 Å². The monoisotopic (exact) mass is 522 g/mol. The number of benzene rings is 1. The van der Waals surface area contributed by atoms with Crippen LogP contribution in [0.4, 0.5) is 0 Å². The maximum absolute atomic E-state index is 13.0. The molecule has 0 amide bonds. The first-order chi connectivity index (χ1) is 15.8. The van der Waals surface area contributed by atoms with E-state index < -0.39 is 40.8 Å². The number of rotatable bonds is 11. The van der Waals surface area contributed by atoms with Gasteiger partial charge in [0.05, 0.1) is 18.3 Å². The van der Waals surface area contributed by atoms with E-state index >= 15 is 0 Å². The second kappa shape index (κ2) is 12.0. The average molecular weight is 523 g/mol. The van der Waals surface area contributed by atoms with Crippen molar-refractivity contribution in [2.75, 3.05) is 6.61 Å². The third kappa shape index (κ3) is 9.33. The van der Waals surface area contributed by atoms with Crippen LogP contribution in [0, 0.1) is 0 Å². The largest absolute Gasteiger partial charge is 0.458 e. The van der Waals surface area contributed by atoms with Crippen molar-refractivity contribution < 1.29 is 27.9 Å². The van der Waals surface area contributed by atoms with Crippen molar-refractivity contribution in [1.82, 2.24) is 0 Å². The van der Waals surface area contributed by atoms with Crippen LogP contribution in [0.5, 0.6) is 0 Å². The molecule has 0 saturated carbocycles. The van der Waals surface area contributed by atoms with Gasteiger partial charge in [-0.05, 0) is 48.8 Å². The van der Waals surface area contributed by atoms with Gasteiger partial charge in [-0.25, -0.2) is 9.59 Å². The summed E-state index contributed by atoms with van der Waals surface area (Å²) < 4.78 is 23.7. The maximum atomic E-state index is 13.0. The Bertz CT molecular complexity index is 866. The summed E-state index contributed by atoms with van der Waals surface area (Å²) in [5.74, 6) is -1.30. The molecule has 0 aliphatic heterocycles. The number of carbonyl (C=O) groups excluding carboxylic acids is 2. The summed E-state index contributed by atoms with van der Waals surface area (Å²) in [6.07, 6.45) is -1.73. The molecule has 0 N–H and O–H groups in total. The quantitative estimate of drug-likeness (QED) is 0.184. The third-order valence-corrected chi connectivity index (χ3v) is 16.1. The van der Waals surface area contributed by atoms with Gasteiger partial charge < -0.3 is 18.3 Å². The summed E-state index contributed by atoms with van der Waals surface area (Å²) in [6.45, 7) is 27.3. The first-order valence-corrected chi connectivity index (χ1v) is 18.0. The van der Waals surface area contributed by atoms with Crippen LogP contribution in [0.25, 0.3) is 0 Å². The van der Waals surface area contributed by atoms with Crippen LogP contribution in [0.15, 0.2) is 42.5 Å². The van der Waals surface area contributed by atoms with E-state index in [9.17, 15) is 9.59 Å². The van der Waals surface area contributed by atoms with Crippen LogP contribution >= 0.6 is 0 Å². The zero-order valence-electron chi connectivity index (χ0n) is 23.6. The first-order valence-electron chi connectivity index (χ1n) is 12.2. The molecule has 0 unspecified atom stereocenters. The number of hydrogen-bond donors (Lipinski definition) is 0.